The SMILES string of the molecule is N#CCC1CCCCC1CCl. The van der Waals surface area contributed by atoms with E-state index < -0.39 is 0 Å². The first-order chi connectivity index (χ1) is 5.38. The predicted octanol–water partition coefficient (Wildman–Crippen LogP) is 2.95. The second kappa shape index (κ2) is 4.62. The summed E-state index contributed by atoms with van der Waals surface area (Å²) < 4.78 is 0. The van der Waals surface area contributed by atoms with Gasteiger partial charge in [0.1, 0.15) is 0 Å². The van der Waals surface area contributed by atoms with Crippen LogP contribution >= 0.6 is 11.6 Å². The number of nitriles is 1. The third-order valence-electron chi connectivity index (χ3n) is 2.62. The topological polar surface area (TPSA) is 23.8 Å². The van der Waals surface area contributed by atoms with Crippen LogP contribution in [0.25, 0.3) is 0 Å². The van der Waals surface area contributed by atoms with E-state index in [0.717, 1.165) is 5.88 Å². The Labute approximate surface area is 73.3 Å². The van der Waals surface area contributed by atoms with Crippen LogP contribution in [0.4, 0.5) is 0 Å². The van der Waals surface area contributed by atoms with Crippen molar-refractivity contribution in [3.05, 3.63) is 0 Å². The van der Waals surface area contributed by atoms with Crippen molar-refractivity contribution in [2.45, 2.75) is 32.1 Å². The first kappa shape index (κ1) is 8.87. The standard InChI is InChI=1S/C9H14ClN/c10-7-9-4-2-1-3-8(9)5-6-11/h8-9H,1-5,7H2. The Morgan fingerprint density at radius 1 is 1.27 bits per heavy atom. The van der Waals surface area contributed by atoms with Gasteiger partial charge in [0.25, 0.3) is 0 Å². The van der Waals surface area contributed by atoms with E-state index in [2.05, 4.69) is 6.07 Å². The molecule has 0 aromatic heterocycles. The minimum absolute atomic E-state index is 0.589. The van der Waals surface area contributed by atoms with E-state index in [1.165, 1.54) is 25.7 Å². The molecule has 0 aliphatic heterocycles. The Morgan fingerprint density at radius 2 is 1.91 bits per heavy atom. The van der Waals surface area contributed by atoms with Crippen LogP contribution in [-0.4, -0.2) is 5.88 Å². The van der Waals surface area contributed by atoms with Crippen LogP contribution in [0.1, 0.15) is 32.1 Å². The second-order valence-electron chi connectivity index (χ2n) is 3.32. The maximum absolute atomic E-state index is 8.54. The zero-order chi connectivity index (χ0) is 8.10. The van der Waals surface area contributed by atoms with Crippen LogP contribution in [-0.2, 0) is 0 Å². The van der Waals surface area contributed by atoms with Crippen molar-refractivity contribution in [2.24, 2.45) is 11.8 Å². The molecule has 0 saturated heterocycles. The summed E-state index contributed by atoms with van der Waals surface area (Å²) in [5, 5.41) is 8.54. The molecule has 1 fully saturated rings. The second-order valence-corrected chi connectivity index (χ2v) is 3.63. The molecular formula is C9H14ClN. The van der Waals surface area contributed by atoms with Gasteiger partial charge in [-0.2, -0.15) is 5.26 Å². The molecule has 2 unspecified atom stereocenters. The van der Waals surface area contributed by atoms with Gasteiger partial charge in [-0.05, 0) is 24.7 Å². The number of hydrogen-bond acceptors (Lipinski definition) is 1. The molecule has 0 radical (unpaired) electrons. The third kappa shape index (κ3) is 2.38. The molecule has 0 bridgehead atoms. The summed E-state index contributed by atoms with van der Waals surface area (Å²) in [4.78, 5) is 0. The third-order valence-corrected chi connectivity index (χ3v) is 3.01. The van der Waals surface area contributed by atoms with Crippen LogP contribution in [0.5, 0.6) is 0 Å². The molecule has 0 heterocycles. The highest BCUT2D eigenvalue weighted by molar-refractivity contribution is 6.18. The number of hydrogen-bond donors (Lipinski definition) is 0. The van der Waals surface area contributed by atoms with E-state index in [0.29, 0.717) is 18.3 Å². The summed E-state index contributed by atoms with van der Waals surface area (Å²) in [6, 6.07) is 2.24. The van der Waals surface area contributed by atoms with E-state index in [1.807, 2.05) is 0 Å². The van der Waals surface area contributed by atoms with Crippen LogP contribution in [0.3, 0.4) is 0 Å². The highest BCUT2D eigenvalue weighted by Crippen LogP contribution is 2.32. The molecule has 2 atom stereocenters. The molecule has 1 aliphatic carbocycles. The molecule has 1 saturated carbocycles. The normalized spacial score (nSPS) is 31.3. The van der Waals surface area contributed by atoms with Gasteiger partial charge in [0, 0.05) is 12.3 Å². The Hall–Kier alpha value is -0.220. The lowest BCUT2D eigenvalue weighted by molar-refractivity contribution is 0.263. The van der Waals surface area contributed by atoms with Crippen molar-refractivity contribution in [1.82, 2.24) is 0 Å². The van der Waals surface area contributed by atoms with Gasteiger partial charge in [-0.1, -0.05) is 12.8 Å². The zero-order valence-corrected chi connectivity index (χ0v) is 7.48. The van der Waals surface area contributed by atoms with E-state index in [9.17, 15) is 0 Å². The number of alkyl halides is 1. The molecule has 1 nitrogen and oxygen atoms in total. The van der Waals surface area contributed by atoms with Crippen LogP contribution in [0.2, 0.25) is 0 Å². The molecule has 2 heteroatoms. The summed E-state index contributed by atoms with van der Waals surface area (Å²) in [7, 11) is 0. The lowest BCUT2D eigenvalue weighted by Gasteiger charge is -2.27. The van der Waals surface area contributed by atoms with Crippen LogP contribution in [0, 0.1) is 23.2 Å². The Kier molecular flexibility index (Phi) is 3.72. The van der Waals surface area contributed by atoms with Crippen LogP contribution < -0.4 is 0 Å². The average Bonchev–Trinajstić information content (AvgIpc) is 2.06. The van der Waals surface area contributed by atoms with Gasteiger partial charge >= 0.3 is 0 Å². The highest BCUT2D eigenvalue weighted by atomic mass is 35.5. The Morgan fingerprint density at radius 3 is 2.45 bits per heavy atom. The molecule has 0 N–H and O–H groups in total. The summed E-state index contributed by atoms with van der Waals surface area (Å²) in [5.74, 6) is 1.95. The summed E-state index contributed by atoms with van der Waals surface area (Å²) in [6.45, 7) is 0. The van der Waals surface area contributed by atoms with Crippen molar-refractivity contribution in [2.75, 3.05) is 5.88 Å². The maximum atomic E-state index is 8.54. The van der Waals surface area contributed by atoms with Gasteiger partial charge in [0.05, 0.1) is 6.07 Å². The molecule has 1 rings (SSSR count). The number of rotatable bonds is 2. The fourth-order valence-electron chi connectivity index (χ4n) is 1.87. The van der Waals surface area contributed by atoms with E-state index in [1.54, 1.807) is 0 Å². The quantitative estimate of drug-likeness (QED) is 0.586. The lowest BCUT2D eigenvalue weighted by atomic mass is 9.79. The predicted molar refractivity (Wildman–Crippen MR) is 46.4 cm³/mol. The zero-order valence-electron chi connectivity index (χ0n) is 6.72. The maximum Gasteiger partial charge on any atom is 0.0624 e. The van der Waals surface area contributed by atoms with Gasteiger partial charge in [-0.25, -0.2) is 0 Å². The molecule has 0 aromatic rings. The molecular weight excluding hydrogens is 158 g/mol. The summed E-state index contributed by atoms with van der Waals surface area (Å²) >= 11 is 5.80. The van der Waals surface area contributed by atoms with Gasteiger partial charge in [-0.15, -0.1) is 11.6 Å². The van der Waals surface area contributed by atoms with Gasteiger partial charge < -0.3 is 0 Å². The average molecular weight is 172 g/mol. The first-order valence-corrected chi connectivity index (χ1v) is 4.85. The summed E-state index contributed by atoms with van der Waals surface area (Å²) in [5.41, 5.74) is 0. The largest absolute Gasteiger partial charge is 0.198 e. The van der Waals surface area contributed by atoms with Crippen molar-refractivity contribution in [3.63, 3.8) is 0 Å². The molecule has 11 heavy (non-hydrogen) atoms. The van der Waals surface area contributed by atoms with E-state index >= 15 is 0 Å². The van der Waals surface area contributed by atoms with Gasteiger partial charge in [-0.3, -0.25) is 0 Å². The Bertz CT molecular complexity index is 150. The first-order valence-electron chi connectivity index (χ1n) is 4.31. The lowest BCUT2D eigenvalue weighted by Crippen LogP contribution is -2.20. The highest BCUT2D eigenvalue weighted by Gasteiger charge is 2.23. The number of nitrogens with zero attached hydrogens (tertiary/aromatic N) is 1. The minimum atomic E-state index is 0.589. The van der Waals surface area contributed by atoms with Gasteiger partial charge in [0.15, 0.2) is 0 Å². The monoisotopic (exact) mass is 171 g/mol. The van der Waals surface area contributed by atoms with Crippen molar-refractivity contribution in [3.8, 4) is 6.07 Å². The Balaban J connectivity index is 2.39. The molecule has 0 aromatic carbocycles. The van der Waals surface area contributed by atoms with Crippen LogP contribution in [0.15, 0.2) is 0 Å². The van der Waals surface area contributed by atoms with Crippen molar-refractivity contribution in [1.29, 1.82) is 5.26 Å². The van der Waals surface area contributed by atoms with E-state index in [-0.39, 0.29) is 0 Å². The van der Waals surface area contributed by atoms with Crippen molar-refractivity contribution < 1.29 is 0 Å². The fraction of sp³-hybridized carbons (Fsp3) is 0.889. The fourth-order valence-corrected chi connectivity index (χ4v) is 2.28. The van der Waals surface area contributed by atoms with Gasteiger partial charge in [0.2, 0.25) is 0 Å². The van der Waals surface area contributed by atoms with Crippen molar-refractivity contribution >= 4 is 11.6 Å². The molecule has 1 aliphatic rings. The molecule has 0 spiro atoms. The number of halogens is 1. The molecule has 0 amide bonds. The smallest absolute Gasteiger partial charge is 0.0624 e. The minimum Gasteiger partial charge on any atom is -0.198 e. The summed E-state index contributed by atoms with van der Waals surface area (Å²) in [6.07, 6.45) is 5.75. The molecule has 62 valence electrons. The van der Waals surface area contributed by atoms with E-state index in [4.69, 9.17) is 16.9 Å².